The summed E-state index contributed by atoms with van der Waals surface area (Å²) in [6.07, 6.45) is 4.81. The molecule has 23 N–H and O–H groups in total. The minimum atomic E-state index is -1.82. The number of primary amides is 2. The quantitative estimate of drug-likeness (QED) is 0.0159. The van der Waals surface area contributed by atoms with Crippen LogP contribution in [0.2, 0.25) is 0 Å². The minimum absolute atomic E-state index is 0.000472. The van der Waals surface area contributed by atoms with E-state index in [1.807, 2.05) is 38.1 Å². The van der Waals surface area contributed by atoms with E-state index in [2.05, 4.69) is 78.4 Å². The number of aryl methyl sites for hydroxylation is 1. The topological polar surface area (TPSA) is 624 Å². The number of hydrogen-bond donors (Lipinski definition) is 20. The van der Waals surface area contributed by atoms with Crippen LogP contribution in [-0.2, 0) is 102 Å². The van der Waals surface area contributed by atoms with E-state index in [0.29, 0.717) is 65.7 Å². The molecule has 3 aliphatic heterocycles. The van der Waals surface area contributed by atoms with Crippen LogP contribution in [0.1, 0.15) is 147 Å². The van der Waals surface area contributed by atoms with E-state index >= 15 is 33.6 Å². The van der Waals surface area contributed by atoms with E-state index in [4.69, 9.17) is 22.6 Å². The number of carbonyl (C=O) groups is 16. The molecule has 3 fully saturated rings. The lowest BCUT2D eigenvalue weighted by molar-refractivity contribution is -0.149. The molecule has 15 atom stereocenters. The number of carbonyl (C=O) groups excluding carboxylic acids is 16. The van der Waals surface area contributed by atoms with Crippen LogP contribution in [-0.4, -0.2) is 318 Å². The molecule has 137 heavy (non-hydrogen) atoms. The highest BCUT2D eigenvalue weighted by atomic mass is 32.2. The number of aliphatic hydroxyl groups excluding tert-OH is 2. The first-order valence-electron chi connectivity index (χ1n) is 46.2. The number of aliphatic hydroxyl groups is 2. The summed E-state index contributed by atoms with van der Waals surface area (Å²) in [5.41, 5.74) is 19.7. The van der Waals surface area contributed by atoms with Crippen molar-refractivity contribution in [1.29, 1.82) is 5.41 Å². The number of nitrogens with one attached hydrogen (secondary N) is 15. The second-order valence-corrected chi connectivity index (χ2v) is 36.5. The first-order valence-corrected chi connectivity index (χ1v) is 47.3. The Morgan fingerprint density at radius 1 is 0.591 bits per heavy atom. The molecule has 3 aromatic carbocycles. The molecule has 2 unspecified atom stereocenters. The molecule has 0 aliphatic carbocycles. The summed E-state index contributed by atoms with van der Waals surface area (Å²) in [6.45, 7) is 6.12. The molecule has 0 bridgehead atoms. The molecule has 3 aromatic heterocycles. The third kappa shape index (κ3) is 30.7. The molecular formula is C92H130F2N24O18S. The lowest BCUT2D eigenvalue weighted by Gasteiger charge is -2.36. The molecule has 9 rings (SSSR count). The Hall–Kier alpha value is -13.2. The van der Waals surface area contributed by atoms with Gasteiger partial charge in [0.25, 0.3) is 0 Å². The number of unbranched alkanes of at least 4 members (excludes halogenated alkanes) is 2. The van der Waals surface area contributed by atoms with Gasteiger partial charge in [0.1, 0.15) is 84.1 Å². The lowest BCUT2D eigenvalue weighted by atomic mass is 10.00. The number of benzene rings is 3. The molecule has 0 radical (unpaired) electrons. The highest BCUT2D eigenvalue weighted by Gasteiger charge is 2.45. The molecule has 746 valence electrons. The first kappa shape index (κ1) is 107. The molecule has 0 spiro atoms. The Morgan fingerprint density at radius 2 is 1.17 bits per heavy atom. The van der Waals surface area contributed by atoms with Crippen molar-refractivity contribution in [2.75, 3.05) is 72.0 Å². The minimum Gasteiger partial charge on any atom is -0.394 e. The van der Waals surface area contributed by atoms with Crippen molar-refractivity contribution in [2.45, 2.75) is 241 Å². The van der Waals surface area contributed by atoms with E-state index in [1.54, 1.807) is 50.5 Å². The predicted molar refractivity (Wildman–Crippen MR) is 503 cm³/mol. The second kappa shape index (κ2) is 51.7. The van der Waals surface area contributed by atoms with Crippen LogP contribution in [0.5, 0.6) is 0 Å². The number of thioether (sulfide) groups is 1. The Bertz CT molecular complexity index is 5240. The molecule has 6 aromatic rings. The zero-order valence-electron chi connectivity index (χ0n) is 78.3. The van der Waals surface area contributed by atoms with E-state index in [1.165, 1.54) is 38.4 Å². The molecule has 0 saturated carbocycles. The Labute approximate surface area is 795 Å². The Kier molecular flexibility index (Phi) is 40.5. The van der Waals surface area contributed by atoms with Gasteiger partial charge in [0, 0.05) is 131 Å². The number of amides is 16. The van der Waals surface area contributed by atoms with Crippen LogP contribution in [0, 0.1) is 23.0 Å². The number of hydrogen-bond acceptors (Lipinski definition) is 22. The molecule has 45 heteroatoms. The maximum atomic E-state index is 15.8. The SMILES string of the molecule is CCCC[C@H]1C(=O)N(C)[C@@H](CCCC)C(=O)N[C@@H](CCCNC(=N)N)C(=O)N[C@H](C(=O)NCC(N)=O)CSCC(=O)N[C@@H](Cc2cc(F)cc(F)c2)C(=O)N(C)[C@@H](C)C(=O)NC(CC(N)=O)C(=O)N2CCC[C@H]2C(=O)N[C@@H](Cc2cnc[nH]2)C(=O)N[C@@H](CC(C)C)C(=O)N2C[C@H](O)CC2CN[C@@H](CCc2c[nH]c3ccccc23)C(=O)N[C@@H](CO)C(=O)N[C@@H](Cc2c[nH]c3ccccc23)C(=O)N1C. The number of guanidine groups is 1. The fraction of sp³-hybridized carbons (Fsp3) is 0.543. The van der Waals surface area contributed by atoms with Crippen molar-refractivity contribution < 1.29 is 95.7 Å². The largest absolute Gasteiger partial charge is 0.394 e. The zero-order chi connectivity index (χ0) is 100. The summed E-state index contributed by atoms with van der Waals surface area (Å²) in [6, 6.07) is -4.00. The van der Waals surface area contributed by atoms with Gasteiger partial charge >= 0.3 is 0 Å². The van der Waals surface area contributed by atoms with Crippen molar-refractivity contribution >= 4 is 134 Å². The number of imidazole rings is 1. The number of aromatic amines is 3. The van der Waals surface area contributed by atoms with Crippen molar-refractivity contribution in [2.24, 2.45) is 23.1 Å². The van der Waals surface area contributed by atoms with Crippen molar-refractivity contribution in [3.63, 3.8) is 0 Å². The van der Waals surface area contributed by atoms with E-state index < -0.39 is 240 Å². The number of aromatic nitrogens is 4. The van der Waals surface area contributed by atoms with E-state index in [-0.39, 0.29) is 115 Å². The average Bonchev–Trinajstić information content (AvgIpc) is 1.76. The van der Waals surface area contributed by atoms with Crippen molar-refractivity contribution in [3.8, 4) is 0 Å². The van der Waals surface area contributed by atoms with Crippen LogP contribution in [0.25, 0.3) is 21.8 Å². The molecule has 42 nitrogen and oxygen atoms in total. The summed E-state index contributed by atoms with van der Waals surface area (Å²) in [7, 11) is 3.83. The van der Waals surface area contributed by atoms with E-state index in [9.17, 15) is 62.1 Å². The fourth-order valence-corrected chi connectivity index (χ4v) is 18.0. The summed E-state index contributed by atoms with van der Waals surface area (Å²) < 4.78 is 29.9. The summed E-state index contributed by atoms with van der Waals surface area (Å²) in [5.74, 6) is -19.0. The van der Waals surface area contributed by atoms with Gasteiger partial charge in [-0.2, -0.15) is 0 Å². The maximum absolute atomic E-state index is 15.8. The Morgan fingerprint density at radius 3 is 1.80 bits per heavy atom. The van der Waals surface area contributed by atoms with Gasteiger partial charge in [-0.25, -0.2) is 13.8 Å². The van der Waals surface area contributed by atoms with Gasteiger partial charge in [-0.3, -0.25) is 82.1 Å². The van der Waals surface area contributed by atoms with Crippen LogP contribution < -0.4 is 75.7 Å². The average molecular weight is 1930 g/mol. The number of halogens is 2. The number of para-hydroxylation sites is 2. The van der Waals surface area contributed by atoms with Gasteiger partial charge in [0.2, 0.25) is 94.5 Å². The highest BCUT2D eigenvalue weighted by Crippen LogP contribution is 2.28. The standard InChI is InChI=1S/C92H130F2N24O18S/c1-9-11-24-73-85(130)107-65(23-17-29-100-92(97)98)82(127)113-72(80(125)104-44-77(96)122)47-137-48-78(123)106-68(34-52-32-55(93)36-56(94)33-52)87(132)114(6)51(5)79(124)109-70(39-76(95)121)89(134)117-30-18-26-74(117)86(131)108-66(37-57-42-99-49-105-57)83(128)110-67(31-50(3)4)90(135)118-45-59(120)38-58(118)43-103-64(28-27-53-40-101-62-21-15-13-19-60(53)62)81(126)112-71(46-119)84(129)111-69(35-54-41-102-63-22-16-14-20-61(54)63)88(133)116(8)75(25-12-10-2)91(136)115(73)7/h13-16,19-22,32-33,36,40-42,49-51,58-59,64-75,101-103,119-120H,9-12,17-18,23-31,34-35,37-39,43-48H2,1-8H3,(H2,95,121)(H2,96,122)(H,99,105)(H,104,125)(H,106,123)(H,107,130)(H,108,131)(H,109,124)(H,110,128)(H,111,129)(H,112,126)(H,113,127)(H4,97,98,100)/t51-,58?,59+,64-,65-,66-,67-,68-,69-,70?,71-,72-,73-,74-,75-/m0/s1. The zero-order valence-corrected chi connectivity index (χ0v) is 79.1. The molecule has 6 heterocycles. The van der Waals surface area contributed by atoms with Crippen LogP contribution in [0.4, 0.5) is 8.78 Å². The number of nitrogens with two attached hydrogens (primary N) is 3. The highest BCUT2D eigenvalue weighted by molar-refractivity contribution is 8.00. The summed E-state index contributed by atoms with van der Waals surface area (Å²) in [5, 5.41) is 61.7. The normalized spacial score (nSPS) is 24.6. The molecule has 3 aliphatic rings. The number of likely N-dealkylation sites (N-methyl/N-ethyl adjacent to an activating group) is 3. The smallest absolute Gasteiger partial charge is 0.246 e. The second-order valence-electron chi connectivity index (χ2n) is 35.5. The molecule has 3 saturated heterocycles. The van der Waals surface area contributed by atoms with E-state index in [0.717, 1.165) is 55.2 Å². The van der Waals surface area contributed by atoms with Gasteiger partial charge < -0.3 is 125 Å². The molecule has 16 amide bonds. The van der Waals surface area contributed by atoms with Crippen LogP contribution >= 0.6 is 11.8 Å². The lowest BCUT2D eigenvalue weighted by Crippen LogP contribution is -2.61. The van der Waals surface area contributed by atoms with Gasteiger partial charge in [0.15, 0.2) is 5.96 Å². The van der Waals surface area contributed by atoms with Gasteiger partial charge in [-0.15, -0.1) is 11.8 Å². The van der Waals surface area contributed by atoms with Crippen LogP contribution in [0.15, 0.2) is 91.6 Å². The number of rotatable bonds is 27. The van der Waals surface area contributed by atoms with Crippen molar-refractivity contribution in [1.82, 2.24) is 103 Å². The number of fused-ring (bicyclic) bond motifs is 4. The summed E-state index contributed by atoms with van der Waals surface area (Å²) in [4.78, 5) is 254. The van der Waals surface area contributed by atoms with Gasteiger partial charge in [0.05, 0.1) is 43.8 Å². The number of H-pyrrole nitrogens is 3. The third-order valence-corrected chi connectivity index (χ3v) is 25.7. The monoisotopic (exact) mass is 1930 g/mol. The maximum Gasteiger partial charge on any atom is 0.246 e. The molecular weight excluding hydrogens is 1800 g/mol. The fourth-order valence-electron chi connectivity index (χ4n) is 17.2. The number of nitrogens with zero attached hydrogens (tertiary/aromatic N) is 6. The summed E-state index contributed by atoms with van der Waals surface area (Å²) >= 11 is 0.686. The Balaban J connectivity index is 1.10. The van der Waals surface area contributed by atoms with Crippen molar-refractivity contribution in [3.05, 3.63) is 126 Å². The first-order chi connectivity index (χ1) is 65.3. The van der Waals surface area contributed by atoms with Gasteiger partial charge in [-0.1, -0.05) is 89.8 Å². The predicted octanol–water partition coefficient (Wildman–Crippen LogP) is -1.49. The third-order valence-electron chi connectivity index (χ3n) is 24.7. The van der Waals surface area contributed by atoms with Gasteiger partial charge in [-0.05, 0) is 118 Å². The van der Waals surface area contributed by atoms with Crippen LogP contribution in [0.3, 0.4) is 0 Å².